The Balaban J connectivity index is 0. The molecule has 0 aromatic rings. The first-order valence-corrected chi connectivity index (χ1v) is 3.18. The van der Waals surface area contributed by atoms with Crippen molar-refractivity contribution in [1.82, 2.24) is 0 Å². The third-order valence-corrected chi connectivity index (χ3v) is 0.268. The lowest BCUT2D eigenvalue weighted by atomic mass is 10.9. The minimum atomic E-state index is -4.19. The molecule has 0 aromatic carbocycles. The lowest BCUT2D eigenvalue weighted by Crippen LogP contribution is -1.97. The summed E-state index contributed by atoms with van der Waals surface area (Å²) >= 11 is 1.38. The number of halogens is 4. The topological polar surface area (TPSA) is 46.5 Å². The molecular formula is C4H6BrF3O3. The van der Waals surface area contributed by atoms with Gasteiger partial charge >= 0.3 is 11.2 Å². The van der Waals surface area contributed by atoms with Crippen LogP contribution in [0.2, 0.25) is 0 Å². The summed E-state index contributed by atoms with van der Waals surface area (Å²) in [5.74, 6) is 0. The minimum Gasteiger partial charge on any atom is -0.450 e. The molecule has 1 N–H and O–H groups in total. The van der Waals surface area contributed by atoms with Crippen molar-refractivity contribution in [2.45, 2.75) is 12.0 Å². The smallest absolute Gasteiger partial charge is 0.450 e. The van der Waals surface area contributed by atoms with E-state index < -0.39 is 11.2 Å². The van der Waals surface area contributed by atoms with Crippen LogP contribution in [0, 0.1) is 0 Å². The van der Waals surface area contributed by atoms with Gasteiger partial charge in [-0.3, -0.25) is 0 Å². The molecule has 0 aliphatic carbocycles. The molecule has 0 rings (SSSR count). The second-order valence-electron chi connectivity index (χ2n) is 1.13. The average molecular weight is 239 g/mol. The van der Waals surface area contributed by atoms with Gasteiger partial charge in [0, 0.05) is 15.9 Å². The second-order valence-corrected chi connectivity index (χ2v) is 2.03. The first-order valence-electron chi connectivity index (χ1n) is 2.38. The van der Waals surface area contributed by atoms with Crippen LogP contribution in [-0.2, 0) is 4.74 Å². The molecule has 0 fully saturated rings. The highest BCUT2D eigenvalue weighted by molar-refractivity contribution is 9.09. The summed E-state index contributed by atoms with van der Waals surface area (Å²) in [5, 5.41) is 3.50. The molecule has 3 nitrogen and oxygen atoms in total. The normalized spacial score (nSPS) is 9.55. The molecule has 0 radical (unpaired) electrons. The van der Waals surface area contributed by atoms with Crippen molar-refractivity contribution < 1.29 is 27.8 Å². The first kappa shape index (κ1) is 13.2. The molecule has 0 heterocycles. The van der Waals surface area contributed by atoms with Crippen molar-refractivity contribution in [3.8, 4) is 0 Å². The van der Waals surface area contributed by atoms with E-state index in [0.29, 0.717) is 0 Å². The molecule has 0 unspecified atom stereocenters. The molecule has 0 spiro atoms. The molecule has 0 aromatic heterocycles. The van der Waals surface area contributed by atoms with Crippen LogP contribution in [0.4, 0.5) is 18.0 Å². The van der Waals surface area contributed by atoms with Gasteiger partial charge in [-0.2, -0.15) is 13.2 Å². The van der Waals surface area contributed by atoms with Crippen LogP contribution in [-0.4, -0.2) is 23.0 Å². The van der Waals surface area contributed by atoms with Crippen molar-refractivity contribution in [2.75, 3.05) is 6.61 Å². The molecule has 0 saturated heterocycles. The lowest BCUT2D eigenvalue weighted by Gasteiger charge is -1.87. The van der Waals surface area contributed by atoms with E-state index in [4.69, 9.17) is 5.11 Å². The van der Waals surface area contributed by atoms with E-state index in [1.54, 1.807) is 6.92 Å². The van der Waals surface area contributed by atoms with E-state index in [0.717, 1.165) is 0 Å². The number of carbonyl (C=O) groups is 1. The number of alkyl halides is 4. The Bertz CT molecular complexity index is 108. The van der Waals surface area contributed by atoms with Crippen LogP contribution in [0.5, 0.6) is 0 Å². The lowest BCUT2D eigenvalue weighted by molar-refractivity contribution is -0.0245. The Labute approximate surface area is 69.3 Å². The largest absolute Gasteiger partial charge is 0.505 e. The molecule has 0 aliphatic heterocycles. The SMILES string of the molecule is CCOC(=O)O.FC(F)(F)Br. The summed E-state index contributed by atoms with van der Waals surface area (Å²) in [6, 6.07) is 0. The van der Waals surface area contributed by atoms with E-state index >= 15 is 0 Å². The van der Waals surface area contributed by atoms with Crippen LogP contribution >= 0.6 is 15.9 Å². The Morgan fingerprint density at radius 3 is 1.91 bits per heavy atom. The van der Waals surface area contributed by atoms with E-state index in [2.05, 4.69) is 4.74 Å². The Morgan fingerprint density at radius 2 is 1.91 bits per heavy atom. The maximum Gasteiger partial charge on any atom is 0.505 e. The van der Waals surface area contributed by atoms with Crippen molar-refractivity contribution in [1.29, 1.82) is 0 Å². The first-order chi connectivity index (χ1) is 4.77. The van der Waals surface area contributed by atoms with Crippen molar-refractivity contribution in [2.24, 2.45) is 0 Å². The monoisotopic (exact) mass is 238 g/mol. The van der Waals surface area contributed by atoms with Gasteiger partial charge in [-0.05, 0) is 6.92 Å². The molecule has 68 valence electrons. The predicted molar refractivity (Wildman–Crippen MR) is 34.6 cm³/mol. The summed E-state index contributed by atoms with van der Waals surface area (Å²) in [4.78, 5) is 9.38. The van der Waals surface area contributed by atoms with Crippen molar-refractivity contribution >= 4 is 22.1 Å². The third kappa shape index (κ3) is 84.1. The van der Waals surface area contributed by atoms with Gasteiger partial charge in [-0.1, -0.05) is 0 Å². The fourth-order valence-electron chi connectivity index (χ4n) is 0.123. The minimum absolute atomic E-state index is 0.231. The van der Waals surface area contributed by atoms with Gasteiger partial charge in [0.25, 0.3) is 0 Å². The number of carboxylic acid groups (broad SMARTS) is 1. The Kier molecular flexibility index (Phi) is 7.49. The van der Waals surface area contributed by atoms with Crippen LogP contribution in [0.1, 0.15) is 6.92 Å². The molecule has 7 heteroatoms. The van der Waals surface area contributed by atoms with E-state index in [-0.39, 0.29) is 6.61 Å². The average Bonchev–Trinajstić information content (AvgIpc) is 1.58. The van der Waals surface area contributed by atoms with Crippen molar-refractivity contribution in [3.63, 3.8) is 0 Å². The highest BCUT2D eigenvalue weighted by atomic mass is 79.9. The number of ether oxygens (including phenoxy) is 1. The number of rotatable bonds is 1. The van der Waals surface area contributed by atoms with Crippen LogP contribution in [0.3, 0.4) is 0 Å². The molecular weight excluding hydrogens is 233 g/mol. The summed E-state index contributed by atoms with van der Waals surface area (Å²) in [6.45, 7) is 1.85. The Hall–Kier alpha value is -0.460. The van der Waals surface area contributed by atoms with Gasteiger partial charge < -0.3 is 9.84 Å². The molecule has 0 saturated carbocycles. The number of hydrogen-bond donors (Lipinski definition) is 1. The van der Waals surface area contributed by atoms with E-state index in [9.17, 15) is 18.0 Å². The highest BCUT2D eigenvalue weighted by Crippen LogP contribution is 2.21. The fraction of sp³-hybridized carbons (Fsp3) is 0.750. The second kappa shape index (κ2) is 6.26. The highest BCUT2D eigenvalue weighted by Gasteiger charge is 2.19. The van der Waals surface area contributed by atoms with Crippen molar-refractivity contribution in [3.05, 3.63) is 0 Å². The molecule has 0 amide bonds. The predicted octanol–water partition coefficient (Wildman–Crippen LogP) is 2.60. The van der Waals surface area contributed by atoms with E-state index in [1.165, 1.54) is 15.9 Å². The summed E-state index contributed by atoms with van der Waals surface area (Å²) in [6.07, 6.45) is -1.21. The quantitative estimate of drug-likeness (QED) is 0.565. The summed E-state index contributed by atoms with van der Waals surface area (Å²) in [5.41, 5.74) is 0. The van der Waals surface area contributed by atoms with Crippen LogP contribution in [0.25, 0.3) is 0 Å². The zero-order valence-electron chi connectivity index (χ0n) is 5.48. The summed E-state index contributed by atoms with van der Waals surface area (Å²) < 4.78 is 34.8. The van der Waals surface area contributed by atoms with Gasteiger partial charge in [0.15, 0.2) is 0 Å². The molecule has 0 atom stereocenters. The van der Waals surface area contributed by atoms with Gasteiger partial charge in [-0.25, -0.2) is 4.79 Å². The maximum absolute atomic E-state index is 10.3. The summed E-state index contributed by atoms with van der Waals surface area (Å²) in [7, 11) is 0. The van der Waals surface area contributed by atoms with Crippen LogP contribution in [0.15, 0.2) is 0 Å². The standard InChI is InChI=1S/C3H6O3.CBrF3/c1-2-6-3(4)5;2-1(3,4)5/h2H2,1H3,(H,4,5);. The molecule has 0 bridgehead atoms. The van der Waals surface area contributed by atoms with E-state index in [1.807, 2.05) is 0 Å². The van der Waals surface area contributed by atoms with Gasteiger partial charge in [0.2, 0.25) is 0 Å². The van der Waals surface area contributed by atoms with Crippen LogP contribution < -0.4 is 0 Å². The maximum atomic E-state index is 10.3. The fourth-order valence-corrected chi connectivity index (χ4v) is 0.123. The van der Waals surface area contributed by atoms with Gasteiger partial charge in [0.1, 0.15) is 0 Å². The van der Waals surface area contributed by atoms with Gasteiger partial charge in [-0.15, -0.1) is 0 Å². The number of hydrogen-bond acceptors (Lipinski definition) is 2. The zero-order valence-corrected chi connectivity index (χ0v) is 7.07. The molecule has 11 heavy (non-hydrogen) atoms. The van der Waals surface area contributed by atoms with Gasteiger partial charge in [0.05, 0.1) is 6.61 Å². The zero-order chi connectivity index (χ0) is 9.49. The Morgan fingerprint density at radius 1 is 1.64 bits per heavy atom. The third-order valence-electron chi connectivity index (χ3n) is 0.268. The molecule has 0 aliphatic rings.